The van der Waals surface area contributed by atoms with E-state index in [1.54, 1.807) is 0 Å². The molecule has 0 heteroatoms. The minimum atomic E-state index is 1.14. The van der Waals surface area contributed by atoms with E-state index in [2.05, 4.69) is 69.4 Å². The molecule has 0 aliphatic heterocycles. The van der Waals surface area contributed by atoms with Gasteiger partial charge in [0.15, 0.2) is 0 Å². The molecule has 0 heterocycles. The molecule has 0 saturated carbocycles. The summed E-state index contributed by atoms with van der Waals surface area (Å²) in [6.45, 7) is 6.31. The summed E-state index contributed by atoms with van der Waals surface area (Å²) in [5.74, 6) is 0. The van der Waals surface area contributed by atoms with Crippen LogP contribution >= 0.6 is 0 Å². The van der Waals surface area contributed by atoms with Gasteiger partial charge in [-0.2, -0.15) is 0 Å². The van der Waals surface area contributed by atoms with Crippen molar-refractivity contribution in [3.05, 3.63) is 83.5 Å². The fourth-order valence-corrected chi connectivity index (χ4v) is 1.69. The van der Waals surface area contributed by atoms with Crippen molar-refractivity contribution in [2.75, 3.05) is 0 Å². The highest BCUT2D eigenvalue weighted by Gasteiger charge is 1.85. The zero-order valence-corrected chi connectivity index (χ0v) is 12.3. The summed E-state index contributed by atoms with van der Waals surface area (Å²) >= 11 is 0. The lowest BCUT2D eigenvalue weighted by molar-refractivity contribution is 1.42. The van der Waals surface area contributed by atoms with Crippen LogP contribution in [0, 0.1) is 6.92 Å². The van der Waals surface area contributed by atoms with Gasteiger partial charge in [-0.3, -0.25) is 0 Å². The van der Waals surface area contributed by atoms with Gasteiger partial charge in [0.2, 0.25) is 0 Å². The van der Waals surface area contributed by atoms with E-state index in [0.29, 0.717) is 0 Å². The minimum absolute atomic E-state index is 1.14. The Morgan fingerprint density at radius 1 is 0.684 bits per heavy atom. The molecular weight excluding hydrogens is 228 g/mol. The third kappa shape index (κ3) is 7.99. The number of allylic oxidation sites excluding steroid dienone is 8. The Hall–Kier alpha value is -1.82. The van der Waals surface area contributed by atoms with E-state index < -0.39 is 0 Å². The molecule has 0 N–H and O–H groups in total. The molecule has 0 radical (unpaired) electrons. The zero-order chi connectivity index (χ0) is 13.9. The Morgan fingerprint density at radius 3 is 1.32 bits per heavy atom. The van der Waals surface area contributed by atoms with E-state index in [4.69, 9.17) is 0 Å². The van der Waals surface area contributed by atoms with Crippen LogP contribution < -0.4 is 0 Å². The Labute approximate surface area is 117 Å². The molecule has 2 aliphatic rings. The second-order valence-electron chi connectivity index (χ2n) is 4.83. The molecule has 0 amide bonds. The van der Waals surface area contributed by atoms with Gasteiger partial charge in [-0.15, -0.1) is 0 Å². The molecule has 2 aliphatic carbocycles. The molecular formula is C19H24. The summed E-state index contributed by atoms with van der Waals surface area (Å²) in [4.78, 5) is 0. The van der Waals surface area contributed by atoms with Gasteiger partial charge < -0.3 is 0 Å². The molecule has 0 aromatic heterocycles. The predicted molar refractivity (Wildman–Crippen MR) is 86.2 cm³/mol. The Morgan fingerprint density at radius 2 is 1.16 bits per heavy atom. The van der Waals surface area contributed by atoms with Crippen LogP contribution in [0.4, 0.5) is 0 Å². The van der Waals surface area contributed by atoms with Gasteiger partial charge in [0.1, 0.15) is 0 Å². The van der Waals surface area contributed by atoms with Crippen molar-refractivity contribution in [3.63, 3.8) is 0 Å². The molecule has 1 aromatic rings. The highest BCUT2D eigenvalue weighted by Crippen LogP contribution is 2.05. The van der Waals surface area contributed by atoms with Crippen molar-refractivity contribution in [1.29, 1.82) is 0 Å². The van der Waals surface area contributed by atoms with E-state index >= 15 is 0 Å². The first-order valence-electron chi connectivity index (χ1n) is 6.87. The molecule has 0 nitrogen and oxygen atoms in total. The summed E-state index contributed by atoms with van der Waals surface area (Å²) < 4.78 is 0. The summed E-state index contributed by atoms with van der Waals surface area (Å²) in [5, 5.41) is 0. The van der Waals surface area contributed by atoms with Crippen LogP contribution in [0.2, 0.25) is 0 Å². The maximum absolute atomic E-state index is 2.21. The highest BCUT2D eigenvalue weighted by molar-refractivity contribution is 5.23. The fourth-order valence-electron chi connectivity index (χ4n) is 1.69. The van der Waals surface area contributed by atoms with Gasteiger partial charge >= 0.3 is 0 Å². The molecule has 1 aromatic carbocycles. The standard InChI is InChI=1S/C7H8.2C6H8/c1-7-5-3-2-4-6-7;2*1-6-4-2-3-5-6/h2-6H,1H3;2*2,4-5H,3H2,1H3. The van der Waals surface area contributed by atoms with Crippen LogP contribution in [0.1, 0.15) is 32.3 Å². The van der Waals surface area contributed by atoms with Crippen molar-refractivity contribution < 1.29 is 0 Å². The first-order valence-corrected chi connectivity index (χ1v) is 6.87. The van der Waals surface area contributed by atoms with Crippen LogP contribution in [0.15, 0.2) is 77.9 Å². The molecule has 100 valence electrons. The van der Waals surface area contributed by atoms with Gasteiger partial charge in [-0.1, -0.05) is 83.5 Å². The van der Waals surface area contributed by atoms with Crippen LogP contribution in [-0.4, -0.2) is 0 Å². The van der Waals surface area contributed by atoms with E-state index in [1.165, 1.54) is 16.7 Å². The second-order valence-corrected chi connectivity index (χ2v) is 4.83. The van der Waals surface area contributed by atoms with Gasteiger partial charge in [0, 0.05) is 0 Å². The van der Waals surface area contributed by atoms with Gasteiger partial charge in [0.05, 0.1) is 0 Å². The van der Waals surface area contributed by atoms with Crippen LogP contribution in [-0.2, 0) is 0 Å². The lowest BCUT2D eigenvalue weighted by atomic mass is 10.2. The van der Waals surface area contributed by atoms with Crippen LogP contribution in [0.25, 0.3) is 0 Å². The number of rotatable bonds is 0. The van der Waals surface area contributed by atoms with Gasteiger partial charge in [-0.05, 0) is 33.6 Å². The molecule has 19 heavy (non-hydrogen) atoms. The molecule has 0 saturated heterocycles. The smallest absolute Gasteiger partial charge is 0.0160 e. The Bertz CT molecular complexity index is 437. The van der Waals surface area contributed by atoms with Crippen molar-refractivity contribution in [3.8, 4) is 0 Å². The first kappa shape index (κ1) is 15.2. The summed E-state index contributed by atoms with van der Waals surface area (Å²) in [6.07, 6.45) is 15.3. The maximum Gasteiger partial charge on any atom is -0.0160 e. The number of aryl methyl sites for hydroxylation is 1. The predicted octanol–water partition coefficient (Wildman–Crippen LogP) is 5.78. The van der Waals surface area contributed by atoms with E-state index in [0.717, 1.165) is 12.8 Å². The zero-order valence-electron chi connectivity index (χ0n) is 12.3. The fraction of sp³-hybridized carbons (Fsp3) is 0.263. The second kappa shape index (κ2) is 9.16. The van der Waals surface area contributed by atoms with Crippen molar-refractivity contribution in [1.82, 2.24) is 0 Å². The average molecular weight is 252 g/mol. The molecule has 0 bridgehead atoms. The topological polar surface area (TPSA) is 0 Å². The van der Waals surface area contributed by atoms with E-state index in [9.17, 15) is 0 Å². The third-order valence-corrected chi connectivity index (χ3v) is 2.85. The van der Waals surface area contributed by atoms with Gasteiger partial charge in [-0.25, -0.2) is 0 Å². The molecule has 0 fully saturated rings. The lowest BCUT2D eigenvalue weighted by Crippen LogP contribution is -1.62. The van der Waals surface area contributed by atoms with Crippen molar-refractivity contribution in [2.24, 2.45) is 0 Å². The Kier molecular flexibility index (Phi) is 7.34. The molecule has 0 atom stereocenters. The molecule has 3 rings (SSSR count). The number of hydrogen-bond donors (Lipinski definition) is 0. The quantitative estimate of drug-likeness (QED) is 0.549. The molecule has 0 spiro atoms. The van der Waals surface area contributed by atoms with E-state index in [-0.39, 0.29) is 0 Å². The summed E-state index contributed by atoms with van der Waals surface area (Å²) in [6, 6.07) is 10.3. The maximum atomic E-state index is 2.21. The number of benzene rings is 1. The van der Waals surface area contributed by atoms with Crippen molar-refractivity contribution >= 4 is 0 Å². The Balaban J connectivity index is 0.000000143. The SMILES string of the molecule is CC1=CCC=C1.CC1=CCC=C1.Cc1ccccc1. The lowest BCUT2D eigenvalue weighted by Gasteiger charge is -1.82. The molecule has 0 unspecified atom stereocenters. The highest BCUT2D eigenvalue weighted by atomic mass is 13.9. The largest absolute Gasteiger partial charge is 0.0805 e. The summed E-state index contributed by atoms with van der Waals surface area (Å²) in [7, 11) is 0. The normalized spacial score (nSPS) is 14.9. The van der Waals surface area contributed by atoms with Gasteiger partial charge in [0.25, 0.3) is 0 Å². The summed E-state index contributed by atoms with van der Waals surface area (Å²) in [5.41, 5.74) is 4.12. The number of hydrogen-bond acceptors (Lipinski definition) is 0. The van der Waals surface area contributed by atoms with Crippen LogP contribution in [0.3, 0.4) is 0 Å². The third-order valence-electron chi connectivity index (χ3n) is 2.85. The van der Waals surface area contributed by atoms with Crippen LogP contribution in [0.5, 0.6) is 0 Å². The van der Waals surface area contributed by atoms with Crippen molar-refractivity contribution in [2.45, 2.75) is 33.6 Å². The minimum Gasteiger partial charge on any atom is -0.0805 e. The monoisotopic (exact) mass is 252 g/mol. The van der Waals surface area contributed by atoms with E-state index in [1.807, 2.05) is 18.2 Å². The average Bonchev–Trinajstić information content (AvgIpc) is 3.05. The first-order chi connectivity index (χ1) is 9.18.